The number of carbonyl (C=O) groups is 1. The van der Waals surface area contributed by atoms with E-state index < -0.39 is 6.61 Å². The number of carbonyl (C=O) groups excluding carboxylic acids is 1. The first-order valence-electron chi connectivity index (χ1n) is 7.07. The van der Waals surface area contributed by atoms with E-state index in [1.165, 1.54) is 24.3 Å². The van der Waals surface area contributed by atoms with Crippen molar-refractivity contribution in [2.45, 2.75) is 20.0 Å². The first-order valence-corrected chi connectivity index (χ1v) is 7.07. The number of ether oxygens (including phenoxy) is 2. The minimum Gasteiger partial charge on any atom is -0.493 e. The highest BCUT2D eigenvalue weighted by atomic mass is 19.3. The lowest BCUT2D eigenvalue weighted by Crippen LogP contribution is -2.15. The Kier molecular flexibility index (Phi) is 5.91. The first kappa shape index (κ1) is 16.7. The van der Waals surface area contributed by atoms with Crippen molar-refractivity contribution < 1.29 is 23.0 Å². The van der Waals surface area contributed by atoms with Gasteiger partial charge in [-0.25, -0.2) is 0 Å². The lowest BCUT2D eigenvalue weighted by Gasteiger charge is -2.09. The predicted octanol–water partition coefficient (Wildman–Crippen LogP) is 4.00. The van der Waals surface area contributed by atoms with E-state index in [9.17, 15) is 13.6 Å². The Labute approximate surface area is 133 Å². The van der Waals surface area contributed by atoms with E-state index in [2.05, 4.69) is 10.1 Å². The smallest absolute Gasteiger partial charge is 0.387 e. The minimum absolute atomic E-state index is 0.0424. The summed E-state index contributed by atoms with van der Waals surface area (Å²) in [5.74, 6) is 0.535. The molecule has 4 nitrogen and oxygen atoms in total. The first-order chi connectivity index (χ1) is 11.0. The highest BCUT2D eigenvalue weighted by Crippen LogP contribution is 2.18. The Morgan fingerprint density at radius 1 is 1.13 bits per heavy atom. The fourth-order valence-corrected chi connectivity index (χ4v) is 1.91. The van der Waals surface area contributed by atoms with Gasteiger partial charge in [-0.3, -0.25) is 4.79 Å². The van der Waals surface area contributed by atoms with Gasteiger partial charge in [-0.05, 0) is 48.9 Å². The molecular formula is C17H17F2NO3. The second-order valence-electron chi connectivity index (χ2n) is 4.87. The van der Waals surface area contributed by atoms with Crippen molar-refractivity contribution in [2.75, 3.05) is 11.9 Å². The summed E-state index contributed by atoms with van der Waals surface area (Å²) in [5.41, 5.74) is 1.59. The molecule has 23 heavy (non-hydrogen) atoms. The normalized spacial score (nSPS) is 10.4. The van der Waals surface area contributed by atoms with Crippen molar-refractivity contribution in [1.82, 2.24) is 0 Å². The van der Waals surface area contributed by atoms with Crippen molar-refractivity contribution in [2.24, 2.45) is 0 Å². The van der Waals surface area contributed by atoms with E-state index >= 15 is 0 Å². The highest BCUT2D eigenvalue weighted by Gasteiger charge is 2.06. The number of nitrogens with one attached hydrogen (secondary N) is 1. The molecule has 0 saturated carbocycles. The summed E-state index contributed by atoms with van der Waals surface area (Å²) in [5, 5.41) is 2.66. The number of rotatable bonds is 7. The molecule has 0 bridgehead atoms. The van der Waals surface area contributed by atoms with Crippen LogP contribution in [0.15, 0.2) is 48.5 Å². The van der Waals surface area contributed by atoms with Gasteiger partial charge in [-0.1, -0.05) is 12.1 Å². The molecule has 2 aromatic carbocycles. The lowest BCUT2D eigenvalue weighted by atomic mass is 10.2. The largest absolute Gasteiger partial charge is 0.493 e. The second-order valence-corrected chi connectivity index (χ2v) is 4.87. The van der Waals surface area contributed by atoms with Gasteiger partial charge in [0.25, 0.3) is 0 Å². The molecule has 2 aromatic rings. The number of aryl methyl sites for hydroxylation is 1. The Hall–Kier alpha value is -2.63. The maximum absolute atomic E-state index is 12.0. The quantitative estimate of drug-likeness (QED) is 0.838. The van der Waals surface area contributed by atoms with Gasteiger partial charge in [0.05, 0.1) is 13.0 Å². The molecule has 2 rings (SSSR count). The van der Waals surface area contributed by atoms with E-state index in [0.29, 0.717) is 11.4 Å². The fraction of sp³-hybridized carbons (Fsp3) is 0.235. The zero-order valence-corrected chi connectivity index (χ0v) is 12.6. The summed E-state index contributed by atoms with van der Waals surface area (Å²) in [6, 6.07) is 13.3. The summed E-state index contributed by atoms with van der Waals surface area (Å²) >= 11 is 0. The standard InChI is InChI=1S/C17H17F2NO3/c1-12-3-2-4-15(11-12)22-10-9-16(21)20-13-5-7-14(8-6-13)23-17(18)19/h2-8,11,17H,9-10H2,1H3,(H,20,21). The molecule has 0 spiro atoms. The van der Waals surface area contributed by atoms with Crippen LogP contribution in [0.25, 0.3) is 0 Å². The van der Waals surface area contributed by atoms with Gasteiger partial charge in [0.15, 0.2) is 0 Å². The molecule has 0 aliphatic heterocycles. The van der Waals surface area contributed by atoms with E-state index in [1.54, 1.807) is 0 Å². The fourth-order valence-electron chi connectivity index (χ4n) is 1.91. The third kappa shape index (κ3) is 5.94. The van der Waals surface area contributed by atoms with Gasteiger partial charge >= 0.3 is 6.61 Å². The molecule has 0 aromatic heterocycles. The van der Waals surface area contributed by atoms with E-state index in [-0.39, 0.29) is 24.7 Å². The summed E-state index contributed by atoms with van der Waals surface area (Å²) in [6.07, 6.45) is 0.184. The number of amides is 1. The number of hydrogen-bond acceptors (Lipinski definition) is 3. The van der Waals surface area contributed by atoms with Crippen LogP contribution >= 0.6 is 0 Å². The Bertz CT molecular complexity index is 645. The Morgan fingerprint density at radius 3 is 2.52 bits per heavy atom. The topological polar surface area (TPSA) is 47.6 Å². The predicted molar refractivity (Wildman–Crippen MR) is 83.0 cm³/mol. The Morgan fingerprint density at radius 2 is 1.87 bits per heavy atom. The molecule has 0 radical (unpaired) electrons. The average Bonchev–Trinajstić information content (AvgIpc) is 2.49. The molecule has 0 atom stereocenters. The molecule has 1 N–H and O–H groups in total. The van der Waals surface area contributed by atoms with Crippen LogP contribution in [0.5, 0.6) is 11.5 Å². The van der Waals surface area contributed by atoms with E-state index in [0.717, 1.165) is 5.56 Å². The van der Waals surface area contributed by atoms with Crippen LogP contribution in [0.3, 0.4) is 0 Å². The van der Waals surface area contributed by atoms with Crippen molar-refractivity contribution in [3.8, 4) is 11.5 Å². The number of hydrogen-bond donors (Lipinski definition) is 1. The average molecular weight is 321 g/mol. The summed E-state index contributed by atoms with van der Waals surface area (Å²) < 4.78 is 33.8. The zero-order chi connectivity index (χ0) is 16.7. The van der Waals surface area contributed by atoms with Gasteiger partial charge in [0.1, 0.15) is 11.5 Å². The van der Waals surface area contributed by atoms with Gasteiger partial charge in [-0.2, -0.15) is 8.78 Å². The minimum atomic E-state index is -2.87. The second kappa shape index (κ2) is 8.12. The molecule has 1 amide bonds. The summed E-state index contributed by atoms with van der Waals surface area (Å²) in [7, 11) is 0. The van der Waals surface area contributed by atoms with Gasteiger partial charge in [0.2, 0.25) is 5.91 Å². The van der Waals surface area contributed by atoms with Gasteiger partial charge in [0, 0.05) is 5.69 Å². The molecule has 122 valence electrons. The summed E-state index contributed by atoms with van der Waals surface area (Å²) in [4.78, 5) is 11.8. The molecule has 0 heterocycles. The zero-order valence-electron chi connectivity index (χ0n) is 12.6. The molecule has 0 aliphatic rings. The third-order valence-electron chi connectivity index (χ3n) is 2.95. The molecule has 0 aliphatic carbocycles. The molecular weight excluding hydrogens is 304 g/mol. The molecule has 0 fully saturated rings. The third-order valence-corrected chi connectivity index (χ3v) is 2.95. The van der Waals surface area contributed by atoms with E-state index in [4.69, 9.17) is 4.74 Å². The monoisotopic (exact) mass is 321 g/mol. The maximum atomic E-state index is 12.0. The van der Waals surface area contributed by atoms with Crippen LogP contribution in [0.1, 0.15) is 12.0 Å². The van der Waals surface area contributed by atoms with Crippen LogP contribution < -0.4 is 14.8 Å². The van der Waals surface area contributed by atoms with Crippen LogP contribution in [0, 0.1) is 6.92 Å². The van der Waals surface area contributed by atoms with Crippen LogP contribution in [0.2, 0.25) is 0 Å². The van der Waals surface area contributed by atoms with Crippen molar-refractivity contribution in [3.05, 3.63) is 54.1 Å². The van der Waals surface area contributed by atoms with E-state index in [1.807, 2.05) is 31.2 Å². The van der Waals surface area contributed by atoms with Crippen molar-refractivity contribution in [3.63, 3.8) is 0 Å². The molecule has 0 unspecified atom stereocenters. The van der Waals surface area contributed by atoms with Crippen LogP contribution in [0.4, 0.5) is 14.5 Å². The number of anilines is 1. The molecule has 0 saturated heterocycles. The summed E-state index contributed by atoms with van der Waals surface area (Å²) in [6.45, 7) is -0.655. The van der Waals surface area contributed by atoms with Crippen LogP contribution in [-0.4, -0.2) is 19.1 Å². The number of benzene rings is 2. The lowest BCUT2D eigenvalue weighted by molar-refractivity contribution is -0.116. The number of alkyl halides is 2. The van der Waals surface area contributed by atoms with Crippen molar-refractivity contribution >= 4 is 11.6 Å². The Balaban J connectivity index is 1.76. The van der Waals surface area contributed by atoms with Crippen LogP contribution in [-0.2, 0) is 4.79 Å². The van der Waals surface area contributed by atoms with Gasteiger partial charge in [-0.15, -0.1) is 0 Å². The van der Waals surface area contributed by atoms with Gasteiger partial charge < -0.3 is 14.8 Å². The number of halogens is 2. The highest BCUT2D eigenvalue weighted by molar-refractivity contribution is 5.90. The SMILES string of the molecule is Cc1cccc(OCCC(=O)Nc2ccc(OC(F)F)cc2)c1. The maximum Gasteiger partial charge on any atom is 0.387 e. The van der Waals surface area contributed by atoms with Crippen molar-refractivity contribution in [1.29, 1.82) is 0 Å². The molecule has 6 heteroatoms.